The van der Waals surface area contributed by atoms with Gasteiger partial charge in [0.05, 0.1) is 42.0 Å². The van der Waals surface area contributed by atoms with Crippen molar-refractivity contribution in [2.45, 2.75) is 16.7 Å². The highest BCUT2D eigenvalue weighted by atomic mass is 32.2. The third kappa shape index (κ3) is 7.56. The lowest BCUT2D eigenvalue weighted by Crippen LogP contribution is -2.38. The summed E-state index contributed by atoms with van der Waals surface area (Å²) in [5.41, 5.74) is 0.725. The molecular formula is C30H31N3O8S2. The lowest BCUT2D eigenvalue weighted by atomic mass is 10.3. The summed E-state index contributed by atoms with van der Waals surface area (Å²) in [6.45, 7) is 1.74. The van der Waals surface area contributed by atoms with E-state index in [4.69, 9.17) is 14.2 Å². The Morgan fingerprint density at radius 1 is 0.767 bits per heavy atom. The zero-order valence-corrected chi connectivity index (χ0v) is 25.3. The van der Waals surface area contributed by atoms with Crippen molar-refractivity contribution in [1.29, 1.82) is 0 Å². The molecule has 226 valence electrons. The van der Waals surface area contributed by atoms with Gasteiger partial charge >= 0.3 is 0 Å². The van der Waals surface area contributed by atoms with Crippen LogP contribution in [0, 0.1) is 0 Å². The molecule has 11 nitrogen and oxygen atoms in total. The maximum absolute atomic E-state index is 13.5. The summed E-state index contributed by atoms with van der Waals surface area (Å²) in [6.07, 6.45) is 0. The molecule has 4 rings (SSSR count). The minimum Gasteiger partial charge on any atom is -0.497 e. The number of methoxy groups -OCH3 is 2. The van der Waals surface area contributed by atoms with E-state index >= 15 is 0 Å². The van der Waals surface area contributed by atoms with Crippen LogP contribution in [-0.4, -0.2) is 50.1 Å². The molecular weight excluding hydrogens is 594 g/mol. The minimum absolute atomic E-state index is 0.0198. The number of benzene rings is 4. The topological polar surface area (TPSA) is 140 Å². The molecule has 0 radical (unpaired) electrons. The Hall–Kier alpha value is -4.75. The molecule has 2 N–H and O–H groups in total. The number of rotatable bonds is 13. The fourth-order valence-corrected chi connectivity index (χ4v) is 6.56. The van der Waals surface area contributed by atoms with Crippen molar-refractivity contribution >= 4 is 43.0 Å². The molecule has 1 amide bonds. The summed E-state index contributed by atoms with van der Waals surface area (Å²) >= 11 is 0. The monoisotopic (exact) mass is 625 g/mol. The van der Waals surface area contributed by atoms with Crippen LogP contribution in [0.2, 0.25) is 0 Å². The molecule has 13 heteroatoms. The minimum atomic E-state index is -4.11. The van der Waals surface area contributed by atoms with Crippen molar-refractivity contribution in [2.24, 2.45) is 0 Å². The average molecular weight is 626 g/mol. The molecule has 0 saturated heterocycles. The van der Waals surface area contributed by atoms with Crippen molar-refractivity contribution < 1.29 is 35.8 Å². The second-order valence-corrected chi connectivity index (χ2v) is 12.5. The van der Waals surface area contributed by atoms with E-state index in [2.05, 4.69) is 10.0 Å². The molecule has 0 saturated carbocycles. The molecule has 0 aliphatic rings. The summed E-state index contributed by atoms with van der Waals surface area (Å²) in [5, 5.41) is 2.64. The van der Waals surface area contributed by atoms with Crippen LogP contribution in [0.5, 0.6) is 17.2 Å². The quantitative estimate of drug-likeness (QED) is 0.217. The molecule has 0 aliphatic carbocycles. The number of hydrogen-bond donors (Lipinski definition) is 2. The predicted molar refractivity (Wildman–Crippen MR) is 164 cm³/mol. The van der Waals surface area contributed by atoms with Crippen molar-refractivity contribution in [3.8, 4) is 17.2 Å². The van der Waals surface area contributed by atoms with Crippen LogP contribution in [0.4, 0.5) is 17.1 Å². The average Bonchev–Trinajstić information content (AvgIpc) is 3.01. The van der Waals surface area contributed by atoms with Gasteiger partial charge in [0.1, 0.15) is 23.8 Å². The number of nitrogens with one attached hydrogen (secondary N) is 2. The summed E-state index contributed by atoms with van der Waals surface area (Å²) in [6, 6.07) is 24.3. The fraction of sp³-hybridized carbons (Fsp3) is 0.167. The largest absolute Gasteiger partial charge is 0.497 e. The molecule has 4 aromatic rings. The zero-order chi connectivity index (χ0) is 31.0. The molecule has 0 atom stereocenters. The third-order valence-corrected chi connectivity index (χ3v) is 9.32. The second-order valence-electron chi connectivity index (χ2n) is 9.00. The highest BCUT2D eigenvalue weighted by Gasteiger charge is 2.27. The molecule has 0 bridgehead atoms. The lowest BCUT2D eigenvalue weighted by Gasteiger charge is -2.24. The van der Waals surface area contributed by atoms with Crippen molar-refractivity contribution in [3.63, 3.8) is 0 Å². The van der Waals surface area contributed by atoms with E-state index in [1.165, 1.54) is 56.7 Å². The van der Waals surface area contributed by atoms with E-state index in [0.29, 0.717) is 23.9 Å². The Morgan fingerprint density at radius 2 is 1.42 bits per heavy atom. The Morgan fingerprint density at radius 3 is 2.02 bits per heavy atom. The van der Waals surface area contributed by atoms with Gasteiger partial charge in [0.15, 0.2) is 0 Å². The van der Waals surface area contributed by atoms with E-state index in [0.717, 1.165) is 4.31 Å². The number of ether oxygens (including phenoxy) is 3. The maximum atomic E-state index is 13.5. The Bertz CT molecular complexity index is 1760. The van der Waals surface area contributed by atoms with Gasteiger partial charge < -0.3 is 19.5 Å². The van der Waals surface area contributed by atoms with Gasteiger partial charge in [0, 0.05) is 11.8 Å². The van der Waals surface area contributed by atoms with Crippen LogP contribution >= 0.6 is 0 Å². The first-order valence-electron chi connectivity index (χ1n) is 13.0. The number of nitrogens with zero attached hydrogens (tertiary/aromatic N) is 1. The fourth-order valence-electron chi connectivity index (χ4n) is 4.06. The van der Waals surface area contributed by atoms with Gasteiger partial charge in [-0.25, -0.2) is 16.8 Å². The van der Waals surface area contributed by atoms with E-state index in [9.17, 15) is 21.6 Å². The Labute approximate surface area is 251 Å². The van der Waals surface area contributed by atoms with E-state index in [1.807, 2.05) is 6.92 Å². The molecule has 0 fully saturated rings. The third-order valence-electron chi connectivity index (χ3n) is 6.15. The summed E-state index contributed by atoms with van der Waals surface area (Å²) < 4.78 is 72.5. The van der Waals surface area contributed by atoms with Crippen molar-refractivity contribution in [1.82, 2.24) is 0 Å². The van der Waals surface area contributed by atoms with Crippen LogP contribution < -0.4 is 28.6 Å². The van der Waals surface area contributed by atoms with Gasteiger partial charge in [-0.05, 0) is 79.7 Å². The molecule has 4 aromatic carbocycles. The predicted octanol–water partition coefficient (Wildman–Crippen LogP) is 4.74. The number of hydrogen-bond acceptors (Lipinski definition) is 8. The summed E-state index contributed by atoms with van der Waals surface area (Å²) in [4.78, 5) is 13.0. The van der Waals surface area contributed by atoms with Gasteiger partial charge in [-0.1, -0.05) is 18.2 Å². The maximum Gasteiger partial charge on any atom is 0.264 e. The first-order chi connectivity index (χ1) is 20.6. The first-order valence-corrected chi connectivity index (χ1v) is 15.9. The van der Waals surface area contributed by atoms with Gasteiger partial charge in [-0.3, -0.25) is 13.8 Å². The smallest absolute Gasteiger partial charge is 0.264 e. The summed E-state index contributed by atoms with van der Waals surface area (Å²) in [7, 11) is -5.26. The molecule has 0 unspecified atom stereocenters. The molecule has 43 heavy (non-hydrogen) atoms. The highest BCUT2D eigenvalue weighted by Crippen LogP contribution is 2.31. The standard InChI is InChI=1S/C30H31N3O8S2/c1-4-41-24-14-12-23(13-15-24)33(43(37,38)27-8-6-5-7-9-27)21-30(34)31-22-10-17-26(18-11-22)42(35,36)32-28-20-25(39-2)16-19-29(28)40-3/h5-20,32H,4,21H2,1-3H3,(H,31,34). The van der Waals surface area contributed by atoms with E-state index < -0.39 is 32.5 Å². The highest BCUT2D eigenvalue weighted by molar-refractivity contribution is 7.93. The van der Waals surface area contributed by atoms with Crippen molar-refractivity contribution in [2.75, 3.05) is 41.7 Å². The summed E-state index contributed by atoms with van der Waals surface area (Å²) in [5.74, 6) is 0.659. The van der Waals surface area contributed by atoms with Crippen LogP contribution in [0.1, 0.15) is 6.92 Å². The number of anilines is 3. The number of amides is 1. The first kappa shape index (κ1) is 31.2. The normalized spacial score (nSPS) is 11.3. The Balaban J connectivity index is 1.53. The lowest BCUT2D eigenvalue weighted by molar-refractivity contribution is -0.114. The van der Waals surface area contributed by atoms with Gasteiger partial charge in [0.2, 0.25) is 5.91 Å². The van der Waals surface area contributed by atoms with Crippen LogP contribution in [0.15, 0.2) is 107 Å². The molecule has 0 aromatic heterocycles. The SMILES string of the molecule is CCOc1ccc(N(CC(=O)Nc2ccc(S(=O)(=O)Nc3cc(OC)ccc3OC)cc2)S(=O)(=O)c2ccccc2)cc1. The molecule has 0 heterocycles. The van der Waals surface area contributed by atoms with Crippen LogP contribution in [0.25, 0.3) is 0 Å². The number of sulfonamides is 2. The van der Waals surface area contributed by atoms with Gasteiger partial charge in [-0.2, -0.15) is 0 Å². The van der Waals surface area contributed by atoms with E-state index in [1.54, 1.807) is 54.6 Å². The van der Waals surface area contributed by atoms with Crippen molar-refractivity contribution in [3.05, 3.63) is 97.1 Å². The number of carbonyl (C=O) groups excluding carboxylic acids is 1. The van der Waals surface area contributed by atoms with Gasteiger partial charge in [0.25, 0.3) is 20.0 Å². The van der Waals surface area contributed by atoms with Crippen LogP contribution in [0.3, 0.4) is 0 Å². The van der Waals surface area contributed by atoms with Crippen LogP contribution in [-0.2, 0) is 24.8 Å². The molecule has 0 aliphatic heterocycles. The molecule has 0 spiro atoms. The second kappa shape index (κ2) is 13.5. The van der Waals surface area contributed by atoms with E-state index in [-0.39, 0.29) is 26.9 Å². The number of carbonyl (C=O) groups is 1. The Kier molecular flexibility index (Phi) is 9.78. The van der Waals surface area contributed by atoms with Gasteiger partial charge in [-0.15, -0.1) is 0 Å². The zero-order valence-electron chi connectivity index (χ0n) is 23.7.